The van der Waals surface area contributed by atoms with E-state index in [1.165, 1.54) is 20.0 Å². The number of rotatable bonds is 4. The molecule has 0 radical (unpaired) electrons. The molecule has 0 amide bonds. The minimum atomic E-state index is -0.801. The Labute approximate surface area is 95.0 Å². The van der Waals surface area contributed by atoms with Crippen LogP contribution >= 0.6 is 0 Å². The third-order valence-corrected chi connectivity index (χ3v) is 4.24. The first-order valence-electron chi connectivity index (χ1n) is 5.83. The summed E-state index contributed by atoms with van der Waals surface area (Å²) in [5.74, 6) is 0.237. The number of fused-ring (bicyclic) bond motifs is 1. The molecule has 2 rings (SSSR count). The van der Waals surface area contributed by atoms with Gasteiger partial charge < -0.3 is 9.84 Å². The predicted molar refractivity (Wildman–Crippen MR) is 56.8 cm³/mol. The molecule has 3 atom stereocenters. The first-order valence-corrected chi connectivity index (χ1v) is 5.83. The van der Waals surface area contributed by atoms with Crippen molar-refractivity contribution in [3.05, 3.63) is 0 Å². The highest BCUT2D eigenvalue weighted by molar-refractivity contribution is 5.73. The standard InChI is InChI=1S/C12H18O4/c1-16-11(15)7-12(6-10(13)14)4-8-2-3-9(8)5-12/h8-9H,2-7H2,1H3,(H,13,14)/t8-,9+,12+. The quantitative estimate of drug-likeness (QED) is 0.743. The van der Waals surface area contributed by atoms with Crippen molar-refractivity contribution in [3.8, 4) is 0 Å². The molecular weight excluding hydrogens is 208 g/mol. The van der Waals surface area contributed by atoms with Gasteiger partial charge in [-0.2, -0.15) is 0 Å². The van der Waals surface area contributed by atoms with Crippen LogP contribution in [0.15, 0.2) is 0 Å². The summed E-state index contributed by atoms with van der Waals surface area (Å²) in [6.07, 6.45) is 4.55. The lowest BCUT2D eigenvalue weighted by Crippen LogP contribution is -2.25. The highest BCUT2D eigenvalue weighted by atomic mass is 16.5. The van der Waals surface area contributed by atoms with Crippen LogP contribution in [0, 0.1) is 17.3 Å². The molecule has 4 nitrogen and oxygen atoms in total. The van der Waals surface area contributed by atoms with Crippen LogP contribution in [0.3, 0.4) is 0 Å². The molecule has 0 aromatic carbocycles. The van der Waals surface area contributed by atoms with Gasteiger partial charge in [-0.15, -0.1) is 0 Å². The van der Waals surface area contributed by atoms with Crippen molar-refractivity contribution in [1.82, 2.24) is 0 Å². The van der Waals surface area contributed by atoms with Crippen LogP contribution in [0.2, 0.25) is 0 Å². The van der Waals surface area contributed by atoms with E-state index in [0.29, 0.717) is 11.8 Å². The molecule has 0 unspecified atom stereocenters. The number of aliphatic carboxylic acids is 1. The zero-order chi connectivity index (χ0) is 11.8. The largest absolute Gasteiger partial charge is 0.481 e. The number of methoxy groups -OCH3 is 1. The van der Waals surface area contributed by atoms with E-state index in [9.17, 15) is 9.59 Å². The average molecular weight is 226 g/mol. The van der Waals surface area contributed by atoms with Crippen molar-refractivity contribution in [2.45, 2.75) is 38.5 Å². The van der Waals surface area contributed by atoms with E-state index in [-0.39, 0.29) is 24.2 Å². The topological polar surface area (TPSA) is 63.6 Å². The highest BCUT2D eigenvalue weighted by Gasteiger charge is 2.50. The molecule has 0 heterocycles. The fourth-order valence-electron chi connectivity index (χ4n) is 3.42. The first kappa shape index (κ1) is 11.4. The van der Waals surface area contributed by atoms with Crippen LogP contribution in [0.4, 0.5) is 0 Å². The third kappa shape index (κ3) is 2.06. The Bertz CT molecular complexity index is 298. The summed E-state index contributed by atoms with van der Waals surface area (Å²) in [6, 6.07) is 0. The molecule has 2 aliphatic rings. The lowest BCUT2D eigenvalue weighted by Gasteiger charge is -2.29. The number of hydrogen-bond acceptors (Lipinski definition) is 3. The molecule has 0 aromatic rings. The molecule has 2 saturated carbocycles. The van der Waals surface area contributed by atoms with E-state index >= 15 is 0 Å². The van der Waals surface area contributed by atoms with Gasteiger partial charge in [0.05, 0.1) is 20.0 Å². The lowest BCUT2D eigenvalue weighted by molar-refractivity contribution is -0.146. The molecule has 0 saturated heterocycles. The van der Waals surface area contributed by atoms with Gasteiger partial charge in [0, 0.05) is 0 Å². The number of carboxylic acid groups (broad SMARTS) is 1. The van der Waals surface area contributed by atoms with Crippen molar-refractivity contribution in [2.75, 3.05) is 7.11 Å². The molecule has 0 aliphatic heterocycles. The van der Waals surface area contributed by atoms with Crippen molar-refractivity contribution in [1.29, 1.82) is 0 Å². The summed E-state index contributed by atoms with van der Waals surface area (Å²) in [7, 11) is 1.36. The van der Waals surface area contributed by atoms with Gasteiger partial charge in [-0.1, -0.05) is 0 Å². The van der Waals surface area contributed by atoms with Crippen LogP contribution in [0.1, 0.15) is 38.5 Å². The Balaban J connectivity index is 2.06. The molecule has 2 aliphatic carbocycles. The summed E-state index contributed by atoms with van der Waals surface area (Å²) in [4.78, 5) is 22.3. The maximum absolute atomic E-state index is 11.4. The zero-order valence-corrected chi connectivity index (χ0v) is 9.57. The Morgan fingerprint density at radius 3 is 2.19 bits per heavy atom. The van der Waals surface area contributed by atoms with Crippen molar-refractivity contribution in [2.24, 2.45) is 17.3 Å². The second-order valence-corrected chi connectivity index (χ2v) is 5.33. The maximum atomic E-state index is 11.4. The van der Waals surface area contributed by atoms with Gasteiger partial charge in [0.1, 0.15) is 0 Å². The number of esters is 1. The van der Waals surface area contributed by atoms with Crippen molar-refractivity contribution in [3.63, 3.8) is 0 Å². The van der Waals surface area contributed by atoms with Gasteiger partial charge in [0.25, 0.3) is 0 Å². The van der Waals surface area contributed by atoms with Gasteiger partial charge in [0.15, 0.2) is 0 Å². The summed E-state index contributed by atoms with van der Waals surface area (Å²) < 4.78 is 4.68. The number of carbonyl (C=O) groups excluding carboxylic acids is 1. The minimum Gasteiger partial charge on any atom is -0.481 e. The average Bonchev–Trinajstić information content (AvgIpc) is 2.41. The molecule has 0 bridgehead atoms. The van der Waals surface area contributed by atoms with Crippen molar-refractivity contribution >= 4 is 11.9 Å². The van der Waals surface area contributed by atoms with E-state index in [1.54, 1.807) is 0 Å². The second kappa shape index (κ2) is 4.07. The van der Waals surface area contributed by atoms with Gasteiger partial charge in [-0.25, -0.2) is 0 Å². The molecule has 4 heteroatoms. The van der Waals surface area contributed by atoms with E-state index in [0.717, 1.165) is 12.8 Å². The molecule has 1 N–H and O–H groups in total. The highest BCUT2D eigenvalue weighted by Crippen LogP contribution is 2.58. The minimum absolute atomic E-state index is 0.106. The fraction of sp³-hybridized carbons (Fsp3) is 0.833. The Morgan fingerprint density at radius 2 is 1.81 bits per heavy atom. The van der Waals surface area contributed by atoms with Crippen molar-refractivity contribution < 1.29 is 19.4 Å². The van der Waals surface area contributed by atoms with Gasteiger partial charge in [-0.05, 0) is 42.9 Å². The maximum Gasteiger partial charge on any atom is 0.306 e. The summed E-state index contributed by atoms with van der Waals surface area (Å²) in [5.41, 5.74) is -0.329. The summed E-state index contributed by atoms with van der Waals surface area (Å²) in [6.45, 7) is 0. The molecule has 2 fully saturated rings. The van der Waals surface area contributed by atoms with E-state index in [4.69, 9.17) is 5.11 Å². The van der Waals surface area contributed by atoms with Gasteiger partial charge >= 0.3 is 11.9 Å². The van der Waals surface area contributed by atoms with Crippen LogP contribution in [-0.2, 0) is 14.3 Å². The second-order valence-electron chi connectivity index (χ2n) is 5.33. The molecule has 90 valence electrons. The zero-order valence-electron chi connectivity index (χ0n) is 9.57. The van der Waals surface area contributed by atoms with Gasteiger partial charge in [-0.3, -0.25) is 9.59 Å². The predicted octanol–water partition coefficient (Wildman–Crippen LogP) is 1.83. The Hall–Kier alpha value is -1.06. The molecule has 0 spiro atoms. The summed E-state index contributed by atoms with van der Waals surface area (Å²) in [5, 5.41) is 8.97. The number of carboxylic acids is 1. The SMILES string of the molecule is COC(=O)C[C@@]1(CC(=O)O)C[C@H]2CC[C@H]2C1. The molecular formula is C12H18O4. The van der Waals surface area contributed by atoms with Crippen LogP contribution in [0.25, 0.3) is 0 Å². The fourth-order valence-corrected chi connectivity index (χ4v) is 3.42. The van der Waals surface area contributed by atoms with E-state index in [1.807, 2.05) is 0 Å². The molecule has 16 heavy (non-hydrogen) atoms. The Morgan fingerprint density at radius 1 is 1.25 bits per heavy atom. The smallest absolute Gasteiger partial charge is 0.306 e. The monoisotopic (exact) mass is 226 g/mol. The summed E-state index contributed by atoms with van der Waals surface area (Å²) >= 11 is 0. The van der Waals surface area contributed by atoms with Gasteiger partial charge in [0.2, 0.25) is 0 Å². The Kier molecular flexibility index (Phi) is 2.91. The number of ether oxygens (including phenoxy) is 1. The van der Waals surface area contributed by atoms with Crippen LogP contribution < -0.4 is 0 Å². The lowest BCUT2D eigenvalue weighted by atomic mass is 9.77. The first-order chi connectivity index (χ1) is 7.54. The van der Waals surface area contributed by atoms with E-state index < -0.39 is 5.97 Å². The van der Waals surface area contributed by atoms with E-state index in [2.05, 4.69) is 4.74 Å². The molecule has 0 aromatic heterocycles. The normalized spacial score (nSPS) is 36.3. The van der Waals surface area contributed by atoms with Crippen LogP contribution in [0.5, 0.6) is 0 Å². The third-order valence-electron chi connectivity index (χ3n) is 4.24. The number of carbonyl (C=O) groups is 2. The van der Waals surface area contributed by atoms with Crippen LogP contribution in [-0.4, -0.2) is 24.2 Å². The number of hydrogen-bond donors (Lipinski definition) is 1.